The largest absolute Gasteiger partial charge is 0.445 e. The average molecular weight is 199 g/mol. The first-order chi connectivity index (χ1) is 6.53. The van der Waals surface area contributed by atoms with Crippen molar-refractivity contribution in [2.45, 2.75) is 31.8 Å². The molecule has 1 saturated heterocycles. The molecule has 0 bridgehead atoms. The van der Waals surface area contributed by atoms with Gasteiger partial charge in [0.05, 0.1) is 5.92 Å². The van der Waals surface area contributed by atoms with E-state index in [2.05, 4.69) is 0 Å². The summed E-state index contributed by atoms with van der Waals surface area (Å²) < 4.78 is 11.1. The van der Waals surface area contributed by atoms with E-state index in [1.165, 1.54) is 6.08 Å². The molecule has 0 radical (unpaired) electrons. The number of ether oxygens (including phenoxy) is 2. The third-order valence-corrected chi connectivity index (χ3v) is 2.57. The molecule has 4 heteroatoms. The van der Waals surface area contributed by atoms with E-state index in [1.807, 2.05) is 0 Å². The van der Waals surface area contributed by atoms with Gasteiger partial charge < -0.3 is 14.6 Å². The fourth-order valence-electron chi connectivity index (χ4n) is 1.93. The van der Waals surface area contributed by atoms with Crippen molar-refractivity contribution < 1.29 is 19.4 Å². The molecule has 2 rings (SSSR count). The van der Waals surface area contributed by atoms with Crippen molar-refractivity contribution in [3.63, 3.8) is 0 Å². The summed E-state index contributed by atoms with van der Waals surface area (Å²) in [6, 6.07) is 0. The number of rotatable bonds is 1. The maximum Gasteiger partial charge on any atom is 0.186 e. The summed E-state index contributed by atoms with van der Waals surface area (Å²) in [7, 11) is 0. The molecule has 0 saturated carbocycles. The van der Waals surface area contributed by atoms with E-state index in [0.29, 0.717) is 0 Å². The lowest BCUT2D eigenvalue weighted by atomic mass is 9.90. The summed E-state index contributed by atoms with van der Waals surface area (Å²) in [5.41, 5.74) is 0. The zero-order chi connectivity index (χ0) is 10.3. The van der Waals surface area contributed by atoms with Gasteiger partial charge in [-0.3, -0.25) is 4.79 Å². The smallest absolute Gasteiger partial charge is 0.186 e. The van der Waals surface area contributed by atoms with Crippen LogP contribution in [0.5, 0.6) is 0 Å². The Morgan fingerprint density at radius 3 is 2.86 bits per heavy atom. The third kappa shape index (κ3) is 1.49. The van der Waals surface area contributed by atoms with Crippen molar-refractivity contribution in [2.75, 3.05) is 6.61 Å². The Kier molecular flexibility index (Phi) is 2.21. The van der Waals surface area contributed by atoms with Crippen LogP contribution in [0.15, 0.2) is 12.2 Å². The van der Waals surface area contributed by atoms with Crippen LogP contribution in [-0.2, 0) is 14.3 Å². The first-order valence-electron chi connectivity index (χ1n) is 4.76. The Bertz CT molecular complexity index is 282. The molecular weight excluding hydrogens is 184 g/mol. The van der Waals surface area contributed by atoms with Crippen molar-refractivity contribution in [1.29, 1.82) is 0 Å². The van der Waals surface area contributed by atoms with Gasteiger partial charge in [0, 0.05) is 0 Å². The summed E-state index contributed by atoms with van der Waals surface area (Å²) >= 11 is 0. The van der Waals surface area contributed by atoms with E-state index in [-0.39, 0.29) is 24.4 Å². The topological polar surface area (TPSA) is 58.4 Å². The SMILES string of the molecule is CC1(C)O[C@@H]2C(=O)C=CC(C[OH2+])[C@@H]2O1. The van der Waals surface area contributed by atoms with Crippen LogP contribution in [-0.4, -0.2) is 35.5 Å². The Morgan fingerprint density at radius 1 is 1.50 bits per heavy atom. The molecule has 1 aliphatic heterocycles. The van der Waals surface area contributed by atoms with Crippen molar-refractivity contribution >= 4 is 5.78 Å². The van der Waals surface area contributed by atoms with Gasteiger partial charge in [-0.25, -0.2) is 0 Å². The van der Waals surface area contributed by atoms with E-state index in [1.54, 1.807) is 19.9 Å². The molecule has 14 heavy (non-hydrogen) atoms. The minimum atomic E-state index is -0.704. The van der Waals surface area contributed by atoms with E-state index in [9.17, 15) is 4.79 Å². The van der Waals surface area contributed by atoms with Crippen LogP contribution < -0.4 is 0 Å². The predicted molar refractivity (Wildman–Crippen MR) is 49.9 cm³/mol. The number of fused-ring (bicyclic) bond motifs is 1. The maximum atomic E-state index is 11.5. The van der Waals surface area contributed by atoms with Crippen LogP contribution in [0.3, 0.4) is 0 Å². The average Bonchev–Trinajstić information content (AvgIpc) is 2.42. The molecule has 0 aromatic carbocycles. The van der Waals surface area contributed by atoms with Crippen LogP contribution in [0.25, 0.3) is 0 Å². The second-order valence-corrected chi connectivity index (χ2v) is 4.15. The lowest BCUT2D eigenvalue weighted by Crippen LogP contribution is -2.40. The van der Waals surface area contributed by atoms with Gasteiger partial charge in [0.1, 0.15) is 6.10 Å². The maximum absolute atomic E-state index is 11.5. The zero-order valence-corrected chi connectivity index (χ0v) is 8.32. The summed E-state index contributed by atoms with van der Waals surface area (Å²) in [6.45, 7) is 3.81. The Labute approximate surface area is 82.5 Å². The fourth-order valence-corrected chi connectivity index (χ4v) is 1.93. The Hall–Kier alpha value is -0.710. The van der Waals surface area contributed by atoms with Crippen LogP contribution in [0, 0.1) is 5.92 Å². The fraction of sp³-hybridized carbons (Fsp3) is 0.700. The summed E-state index contributed by atoms with van der Waals surface area (Å²) in [6.07, 6.45) is 2.47. The van der Waals surface area contributed by atoms with Gasteiger partial charge in [-0.1, -0.05) is 6.08 Å². The second kappa shape index (κ2) is 3.15. The quantitative estimate of drug-likeness (QED) is 0.558. The highest BCUT2D eigenvalue weighted by molar-refractivity contribution is 5.95. The minimum Gasteiger partial charge on any atom is -0.445 e. The van der Waals surface area contributed by atoms with Gasteiger partial charge in [0.25, 0.3) is 0 Å². The molecule has 0 spiro atoms. The van der Waals surface area contributed by atoms with Crippen molar-refractivity contribution in [2.24, 2.45) is 5.92 Å². The van der Waals surface area contributed by atoms with Crippen LogP contribution >= 0.6 is 0 Å². The summed E-state index contributed by atoms with van der Waals surface area (Å²) in [4.78, 5) is 11.5. The molecule has 4 nitrogen and oxygen atoms in total. The van der Waals surface area contributed by atoms with Crippen LogP contribution in [0.4, 0.5) is 0 Å². The molecule has 1 unspecified atom stereocenters. The first-order valence-corrected chi connectivity index (χ1v) is 4.76. The van der Waals surface area contributed by atoms with Gasteiger partial charge in [0.2, 0.25) is 0 Å². The molecule has 1 aliphatic carbocycles. The van der Waals surface area contributed by atoms with E-state index in [0.717, 1.165) is 0 Å². The number of carbonyl (C=O) groups excluding carboxylic acids is 1. The molecule has 78 valence electrons. The first kappa shape index (κ1) is 9.83. The molecule has 1 fully saturated rings. The van der Waals surface area contributed by atoms with Gasteiger partial charge in [0.15, 0.2) is 24.3 Å². The Morgan fingerprint density at radius 2 is 2.21 bits per heavy atom. The highest BCUT2D eigenvalue weighted by Crippen LogP contribution is 2.35. The van der Waals surface area contributed by atoms with Crippen LogP contribution in [0.1, 0.15) is 13.8 Å². The van der Waals surface area contributed by atoms with E-state index in [4.69, 9.17) is 14.6 Å². The molecule has 0 aromatic rings. The highest BCUT2D eigenvalue weighted by Gasteiger charge is 2.49. The third-order valence-electron chi connectivity index (χ3n) is 2.57. The van der Waals surface area contributed by atoms with Crippen LogP contribution in [0.2, 0.25) is 0 Å². The van der Waals surface area contributed by atoms with Crippen molar-refractivity contribution in [3.8, 4) is 0 Å². The minimum absolute atomic E-state index is 0.0283. The molecule has 2 aliphatic rings. The van der Waals surface area contributed by atoms with Gasteiger partial charge in [-0.2, -0.15) is 0 Å². The molecule has 1 heterocycles. The van der Waals surface area contributed by atoms with Crippen molar-refractivity contribution in [3.05, 3.63) is 12.2 Å². The molecular formula is C10H15O4+. The second-order valence-electron chi connectivity index (χ2n) is 4.15. The Balaban J connectivity index is 2.24. The van der Waals surface area contributed by atoms with Gasteiger partial charge >= 0.3 is 0 Å². The van der Waals surface area contributed by atoms with Gasteiger partial charge in [-0.05, 0) is 19.9 Å². The zero-order valence-electron chi connectivity index (χ0n) is 8.32. The summed E-state index contributed by atoms with van der Waals surface area (Å²) in [5.74, 6) is -0.783. The standard InChI is InChI=1S/C10H14O4/c1-10(2)13-8-6(5-11)3-4-7(12)9(8)14-10/h3-4,6,8-9,11H,5H2,1-2H3/p+1/t6?,8-,9+/m0/s1. The monoisotopic (exact) mass is 199 g/mol. The molecule has 0 amide bonds. The van der Waals surface area contributed by atoms with Gasteiger partial charge in [-0.15, -0.1) is 0 Å². The number of ketones is 1. The lowest BCUT2D eigenvalue weighted by Gasteiger charge is -2.22. The highest BCUT2D eigenvalue weighted by atomic mass is 16.8. The molecule has 0 aromatic heterocycles. The normalized spacial score (nSPS) is 39.9. The van der Waals surface area contributed by atoms with Crippen molar-refractivity contribution in [1.82, 2.24) is 0 Å². The molecule has 3 atom stereocenters. The predicted octanol–water partition coefficient (Wildman–Crippen LogP) is -0.0138. The lowest BCUT2D eigenvalue weighted by molar-refractivity contribution is -0.154. The summed E-state index contributed by atoms with van der Waals surface area (Å²) in [5, 5.41) is 7.35. The number of hydrogen-bond acceptors (Lipinski definition) is 3. The number of carbonyl (C=O) groups is 1. The van der Waals surface area contributed by atoms with E-state index < -0.39 is 11.9 Å². The van der Waals surface area contributed by atoms with E-state index >= 15 is 0 Å². The number of hydrogen-bond donors (Lipinski definition) is 0. The molecule has 2 N–H and O–H groups in total.